The first-order valence-corrected chi connectivity index (χ1v) is 8.03. The smallest absolute Gasteiger partial charge is 0.151 e. The summed E-state index contributed by atoms with van der Waals surface area (Å²) in [7, 11) is 0. The van der Waals surface area contributed by atoms with Crippen LogP contribution in [0.4, 0.5) is 11.6 Å². The van der Waals surface area contributed by atoms with Gasteiger partial charge in [0, 0.05) is 36.6 Å². The third-order valence-electron chi connectivity index (χ3n) is 4.61. The van der Waals surface area contributed by atoms with Gasteiger partial charge in [-0.25, -0.2) is 9.97 Å². The largest absolute Gasteiger partial charge is 0.368 e. The van der Waals surface area contributed by atoms with E-state index in [1.54, 1.807) is 12.5 Å². The van der Waals surface area contributed by atoms with Crippen molar-refractivity contribution in [2.24, 2.45) is 0 Å². The predicted molar refractivity (Wildman–Crippen MR) is 84.9 cm³/mol. The summed E-state index contributed by atoms with van der Waals surface area (Å²) < 4.78 is 0. The fourth-order valence-corrected chi connectivity index (χ4v) is 3.52. The van der Waals surface area contributed by atoms with Gasteiger partial charge in [0.15, 0.2) is 5.82 Å². The van der Waals surface area contributed by atoms with E-state index in [4.69, 9.17) is 0 Å². The van der Waals surface area contributed by atoms with Crippen LogP contribution in [0.25, 0.3) is 0 Å². The lowest BCUT2D eigenvalue weighted by Gasteiger charge is -2.25. The van der Waals surface area contributed by atoms with E-state index in [0.717, 1.165) is 37.6 Å². The number of nitrogens with zero attached hydrogens (tertiary/aromatic N) is 5. The van der Waals surface area contributed by atoms with Gasteiger partial charge in [0.1, 0.15) is 12.1 Å². The molecule has 114 valence electrons. The molecule has 2 aromatic heterocycles. The summed E-state index contributed by atoms with van der Waals surface area (Å²) in [5, 5.41) is 11.8. The van der Waals surface area contributed by atoms with Gasteiger partial charge in [0.25, 0.3) is 0 Å². The Morgan fingerprint density at radius 3 is 3.14 bits per heavy atom. The van der Waals surface area contributed by atoms with Crippen LogP contribution in [0, 0.1) is 0 Å². The molecule has 0 bridgehead atoms. The Morgan fingerprint density at radius 1 is 1.23 bits per heavy atom. The molecule has 0 amide bonds. The van der Waals surface area contributed by atoms with Crippen LogP contribution in [-0.2, 0) is 12.8 Å². The number of rotatable bonds is 4. The fraction of sp³-hybridized carbons (Fsp3) is 0.500. The highest BCUT2D eigenvalue weighted by Gasteiger charge is 2.26. The van der Waals surface area contributed by atoms with Gasteiger partial charge < -0.3 is 10.2 Å². The summed E-state index contributed by atoms with van der Waals surface area (Å²) in [6, 6.07) is 4.43. The van der Waals surface area contributed by atoms with E-state index in [1.807, 2.05) is 12.1 Å². The molecule has 0 spiro atoms. The molecule has 6 nitrogen and oxygen atoms in total. The Hall–Kier alpha value is -2.24. The van der Waals surface area contributed by atoms with Gasteiger partial charge in [-0.3, -0.25) is 0 Å². The van der Waals surface area contributed by atoms with Crippen LogP contribution in [-0.4, -0.2) is 39.3 Å². The van der Waals surface area contributed by atoms with E-state index in [9.17, 15) is 0 Å². The molecule has 6 heteroatoms. The predicted octanol–water partition coefficient (Wildman–Crippen LogP) is 1.84. The van der Waals surface area contributed by atoms with Crippen molar-refractivity contribution in [3.05, 3.63) is 35.9 Å². The molecule has 1 aliphatic carbocycles. The van der Waals surface area contributed by atoms with Crippen LogP contribution in [0.1, 0.15) is 30.5 Å². The van der Waals surface area contributed by atoms with Crippen molar-refractivity contribution in [2.75, 3.05) is 23.3 Å². The highest BCUT2D eigenvalue weighted by molar-refractivity contribution is 5.49. The molecule has 1 unspecified atom stereocenters. The van der Waals surface area contributed by atoms with E-state index >= 15 is 0 Å². The summed E-state index contributed by atoms with van der Waals surface area (Å²) in [6.07, 6.45) is 9.15. The minimum atomic E-state index is 0.448. The zero-order valence-corrected chi connectivity index (χ0v) is 12.6. The van der Waals surface area contributed by atoms with Crippen LogP contribution < -0.4 is 10.2 Å². The molecular weight excluding hydrogens is 276 g/mol. The molecule has 1 fully saturated rings. The van der Waals surface area contributed by atoms with Gasteiger partial charge >= 0.3 is 0 Å². The Kier molecular flexibility index (Phi) is 3.58. The minimum absolute atomic E-state index is 0.448. The van der Waals surface area contributed by atoms with E-state index < -0.39 is 0 Å². The van der Waals surface area contributed by atoms with Gasteiger partial charge in [-0.15, -0.1) is 5.10 Å². The monoisotopic (exact) mass is 296 g/mol. The summed E-state index contributed by atoms with van der Waals surface area (Å²) in [4.78, 5) is 11.2. The second kappa shape index (κ2) is 5.87. The van der Waals surface area contributed by atoms with E-state index in [0.29, 0.717) is 6.04 Å². The molecule has 0 saturated carbocycles. The zero-order chi connectivity index (χ0) is 14.8. The van der Waals surface area contributed by atoms with Crippen molar-refractivity contribution in [3.8, 4) is 0 Å². The molecule has 1 N–H and O–H groups in total. The van der Waals surface area contributed by atoms with Gasteiger partial charge in [0.05, 0.1) is 0 Å². The molecule has 1 saturated heterocycles. The van der Waals surface area contributed by atoms with Crippen LogP contribution in [0.5, 0.6) is 0 Å². The molecule has 1 atom stereocenters. The van der Waals surface area contributed by atoms with Gasteiger partial charge in [-0.1, -0.05) is 0 Å². The van der Waals surface area contributed by atoms with E-state index in [-0.39, 0.29) is 0 Å². The first-order chi connectivity index (χ1) is 10.9. The topological polar surface area (TPSA) is 66.8 Å². The third-order valence-corrected chi connectivity index (χ3v) is 4.61. The second-order valence-electron chi connectivity index (χ2n) is 5.95. The number of hydrogen-bond acceptors (Lipinski definition) is 6. The number of aryl methyl sites for hydroxylation is 1. The fourth-order valence-electron chi connectivity index (χ4n) is 3.52. The van der Waals surface area contributed by atoms with Crippen molar-refractivity contribution >= 4 is 11.6 Å². The molecule has 2 aliphatic rings. The molecular formula is C16H20N6. The third kappa shape index (κ3) is 2.49. The average Bonchev–Trinajstić information content (AvgIpc) is 3.23. The molecule has 1 aliphatic heterocycles. The summed E-state index contributed by atoms with van der Waals surface area (Å²) >= 11 is 0. The quantitative estimate of drug-likeness (QED) is 0.928. The molecule has 0 radical (unpaired) electrons. The minimum Gasteiger partial charge on any atom is -0.368 e. The van der Waals surface area contributed by atoms with Crippen molar-refractivity contribution in [1.29, 1.82) is 0 Å². The molecule has 3 heterocycles. The Balaban J connectivity index is 1.46. The van der Waals surface area contributed by atoms with Gasteiger partial charge in [-0.05, 0) is 44.2 Å². The van der Waals surface area contributed by atoms with Crippen molar-refractivity contribution in [2.45, 2.75) is 38.1 Å². The maximum Gasteiger partial charge on any atom is 0.151 e. The van der Waals surface area contributed by atoms with Crippen molar-refractivity contribution in [1.82, 2.24) is 20.2 Å². The average molecular weight is 296 g/mol. The maximum absolute atomic E-state index is 4.44. The molecule has 22 heavy (non-hydrogen) atoms. The first-order valence-electron chi connectivity index (χ1n) is 8.03. The maximum atomic E-state index is 4.44. The number of fused-ring (bicyclic) bond motifs is 1. The SMILES string of the molecule is c1cnnc(N2CCCC2CNc2ncnc3c2CCC3)c1. The van der Waals surface area contributed by atoms with Crippen LogP contribution in [0.3, 0.4) is 0 Å². The summed E-state index contributed by atoms with van der Waals surface area (Å²) in [5.74, 6) is 1.99. The zero-order valence-electron chi connectivity index (χ0n) is 12.6. The van der Waals surface area contributed by atoms with Gasteiger partial charge in [-0.2, -0.15) is 5.10 Å². The van der Waals surface area contributed by atoms with Crippen LogP contribution in [0.15, 0.2) is 24.7 Å². The number of anilines is 2. The Bertz CT molecular complexity index is 644. The van der Waals surface area contributed by atoms with Crippen LogP contribution in [0.2, 0.25) is 0 Å². The lowest BCUT2D eigenvalue weighted by Crippen LogP contribution is -2.35. The summed E-state index contributed by atoms with van der Waals surface area (Å²) in [5.41, 5.74) is 2.53. The van der Waals surface area contributed by atoms with Crippen molar-refractivity contribution < 1.29 is 0 Å². The Labute approximate surface area is 130 Å². The second-order valence-corrected chi connectivity index (χ2v) is 5.95. The molecule has 4 rings (SSSR count). The number of nitrogens with one attached hydrogen (secondary N) is 1. The normalized spacial score (nSPS) is 20.2. The van der Waals surface area contributed by atoms with Gasteiger partial charge in [0.2, 0.25) is 0 Å². The highest BCUT2D eigenvalue weighted by Crippen LogP contribution is 2.27. The molecule has 2 aromatic rings. The standard InChI is InChI=1S/C16H20N6/c1-5-13-14(6-1)18-11-19-16(13)17-10-12-4-3-9-22(12)15-7-2-8-20-21-15/h2,7-8,11-12H,1,3-6,9-10H2,(H,17,18,19). The number of aromatic nitrogens is 4. The van der Waals surface area contributed by atoms with Crippen LogP contribution >= 0.6 is 0 Å². The Morgan fingerprint density at radius 2 is 2.23 bits per heavy atom. The van der Waals surface area contributed by atoms with E-state index in [2.05, 4.69) is 30.4 Å². The lowest BCUT2D eigenvalue weighted by atomic mass is 10.2. The van der Waals surface area contributed by atoms with Crippen molar-refractivity contribution in [3.63, 3.8) is 0 Å². The van der Waals surface area contributed by atoms with E-state index in [1.165, 1.54) is 30.5 Å². The molecule has 0 aromatic carbocycles. The highest BCUT2D eigenvalue weighted by atomic mass is 15.3. The summed E-state index contributed by atoms with van der Waals surface area (Å²) in [6.45, 7) is 1.94. The first kappa shape index (κ1) is 13.4. The number of hydrogen-bond donors (Lipinski definition) is 1. The lowest BCUT2D eigenvalue weighted by molar-refractivity contribution is 0.684.